The molecule has 3 aromatic rings. The summed E-state index contributed by atoms with van der Waals surface area (Å²) in [4.78, 5) is 16.1. The molecule has 0 amide bonds. The zero-order valence-corrected chi connectivity index (χ0v) is 10.3. The monoisotopic (exact) mass is 276 g/mol. The van der Waals surface area contributed by atoms with Crippen LogP contribution >= 0.6 is 11.6 Å². The molecule has 19 heavy (non-hydrogen) atoms. The predicted molar refractivity (Wildman–Crippen MR) is 73.0 cm³/mol. The highest BCUT2D eigenvalue weighted by Gasteiger charge is 2.11. The molecule has 96 valence electrons. The maximum atomic E-state index is 12.0. The molecule has 0 saturated carbocycles. The van der Waals surface area contributed by atoms with Gasteiger partial charge < -0.3 is 11.2 Å². The number of aromatic nitrogens is 4. The minimum Gasteiger partial charge on any atom is -0.333 e. The third-order valence-electron chi connectivity index (χ3n) is 2.63. The molecule has 7 nitrogen and oxygen atoms in total. The van der Waals surface area contributed by atoms with Crippen molar-refractivity contribution in [1.82, 2.24) is 19.9 Å². The van der Waals surface area contributed by atoms with E-state index in [1.165, 1.54) is 6.20 Å². The normalized spacial score (nSPS) is 10.8. The maximum Gasteiger partial charge on any atom is 0.284 e. The number of hydrogen-bond acceptors (Lipinski definition) is 5. The Labute approximate surface area is 112 Å². The number of benzene rings is 1. The number of nitrogen functional groups attached to an aromatic ring is 1. The number of halogens is 1. The summed E-state index contributed by atoms with van der Waals surface area (Å²) in [5.41, 5.74) is 0.573. The Morgan fingerprint density at radius 1 is 1.37 bits per heavy atom. The number of hydrogen-bond donors (Lipinski definition) is 3. The topological polar surface area (TPSA) is 102 Å². The second kappa shape index (κ2) is 4.29. The van der Waals surface area contributed by atoms with Crippen LogP contribution in [-0.4, -0.2) is 19.9 Å². The number of H-pyrrole nitrogens is 1. The van der Waals surface area contributed by atoms with Crippen LogP contribution < -0.4 is 16.7 Å². The van der Waals surface area contributed by atoms with E-state index in [-0.39, 0.29) is 5.95 Å². The lowest BCUT2D eigenvalue weighted by Gasteiger charge is -2.10. The summed E-state index contributed by atoms with van der Waals surface area (Å²) in [6, 6.07) is 7.08. The number of anilines is 2. The molecule has 1 aromatic carbocycles. The van der Waals surface area contributed by atoms with Crippen LogP contribution in [0, 0.1) is 0 Å². The molecule has 3 rings (SSSR count). The fraction of sp³-hybridized carbons (Fsp3) is 0. The van der Waals surface area contributed by atoms with Gasteiger partial charge in [0.15, 0.2) is 5.65 Å². The molecule has 0 fully saturated rings. The van der Waals surface area contributed by atoms with Gasteiger partial charge in [-0.05, 0) is 12.1 Å². The van der Waals surface area contributed by atoms with E-state index in [2.05, 4.69) is 20.5 Å². The van der Waals surface area contributed by atoms with Gasteiger partial charge >= 0.3 is 0 Å². The number of para-hydroxylation sites is 1. The zero-order valence-electron chi connectivity index (χ0n) is 9.59. The van der Waals surface area contributed by atoms with Gasteiger partial charge in [-0.1, -0.05) is 23.7 Å². The number of nitrogens with one attached hydrogen (secondary N) is 2. The Morgan fingerprint density at radius 3 is 2.95 bits per heavy atom. The second-order valence-electron chi connectivity index (χ2n) is 3.85. The summed E-state index contributed by atoms with van der Waals surface area (Å²) < 4.78 is 0.918. The molecule has 0 atom stereocenters. The predicted octanol–water partition coefficient (Wildman–Crippen LogP) is 1.23. The number of nitrogens with two attached hydrogens (primary N) is 1. The molecule has 0 unspecified atom stereocenters. The molecule has 2 aromatic heterocycles. The quantitative estimate of drug-likeness (QED) is 0.611. The van der Waals surface area contributed by atoms with Crippen molar-refractivity contribution < 1.29 is 0 Å². The van der Waals surface area contributed by atoms with Gasteiger partial charge in [0.1, 0.15) is 5.39 Å². The van der Waals surface area contributed by atoms with Crippen molar-refractivity contribution in [3.05, 3.63) is 45.8 Å². The van der Waals surface area contributed by atoms with Crippen molar-refractivity contribution in [3.8, 4) is 0 Å². The Hall–Kier alpha value is -2.54. The van der Waals surface area contributed by atoms with E-state index < -0.39 is 5.56 Å². The summed E-state index contributed by atoms with van der Waals surface area (Å²) in [6.45, 7) is 0. The van der Waals surface area contributed by atoms with E-state index in [9.17, 15) is 4.79 Å². The van der Waals surface area contributed by atoms with Crippen LogP contribution in [0.2, 0.25) is 5.02 Å². The van der Waals surface area contributed by atoms with E-state index in [0.717, 1.165) is 4.68 Å². The molecular weight excluding hydrogens is 268 g/mol. The van der Waals surface area contributed by atoms with Gasteiger partial charge in [-0.25, -0.2) is 0 Å². The lowest BCUT2D eigenvalue weighted by molar-refractivity contribution is 0.923. The largest absolute Gasteiger partial charge is 0.333 e. The Bertz CT molecular complexity index is 808. The number of fused-ring (bicyclic) bond motifs is 1. The fourth-order valence-electron chi connectivity index (χ4n) is 1.68. The van der Waals surface area contributed by atoms with Crippen LogP contribution in [0.25, 0.3) is 11.0 Å². The number of aromatic amines is 1. The smallest absolute Gasteiger partial charge is 0.284 e. The van der Waals surface area contributed by atoms with Crippen molar-refractivity contribution in [3.63, 3.8) is 0 Å². The minimum absolute atomic E-state index is 0.176. The van der Waals surface area contributed by atoms with Crippen LogP contribution in [-0.2, 0) is 0 Å². The first-order valence-electron chi connectivity index (χ1n) is 5.39. The minimum atomic E-state index is -0.395. The molecule has 0 aliphatic carbocycles. The standard InChI is InChI=1S/C11H9ClN6O/c12-7-3-1-2-4-8(7)15-11-16-9-6(5-14-17-9)10(19)18(11)13/h1-5H,13H2,(H2,14,15,16,17). The van der Waals surface area contributed by atoms with E-state index >= 15 is 0 Å². The maximum absolute atomic E-state index is 12.0. The van der Waals surface area contributed by atoms with Crippen molar-refractivity contribution in [2.75, 3.05) is 11.2 Å². The Kier molecular flexibility index (Phi) is 2.60. The van der Waals surface area contributed by atoms with Gasteiger partial charge in [0, 0.05) is 0 Å². The average Bonchev–Trinajstić information content (AvgIpc) is 2.86. The molecule has 0 aliphatic rings. The first-order chi connectivity index (χ1) is 9.16. The Balaban J connectivity index is 2.13. The van der Waals surface area contributed by atoms with Crippen molar-refractivity contribution in [2.24, 2.45) is 0 Å². The van der Waals surface area contributed by atoms with E-state index in [4.69, 9.17) is 17.4 Å². The molecule has 0 saturated heterocycles. The summed E-state index contributed by atoms with van der Waals surface area (Å²) in [7, 11) is 0. The first-order valence-corrected chi connectivity index (χ1v) is 5.77. The SMILES string of the molecule is Nn1c(Nc2ccccc2Cl)nc2[nH]ncc2c1=O. The molecule has 0 aliphatic heterocycles. The van der Waals surface area contributed by atoms with Crippen molar-refractivity contribution in [2.45, 2.75) is 0 Å². The summed E-state index contributed by atoms with van der Waals surface area (Å²) in [5.74, 6) is 5.88. The second-order valence-corrected chi connectivity index (χ2v) is 4.25. The van der Waals surface area contributed by atoms with E-state index in [1.807, 2.05) is 6.07 Å². The first kappa shape index (κ1) is 11.5. The van der Waals surface area contributed by atoms with Gasteiger partial charge in [0.2, 0.25) is 5.95 Å². The molecule has 0 radical (unpaired) electrons. The van der Waals surface area contributed by atoms with Crippen LogP contribution in [0.1, 0.15) is 0 Å². The van der Waals surface area contributed by atoms with Crippen LogP contribution in [0.5, 0.6) is 0 Å². The molecule has 0 bridgehead atoms. The fourth-order valence-corrected chi connectivity index (χ4v) is 1.86. The number of nitrogens with zero attached hydrogens (tertiary/aromatic N) is 3. The summed E-state index contributed by atoms with van der Waals surface area (Å²) in [5, 5.41) is 10.1. The molecule has 2 heterocycles. The highest BCUT2D eigenvalue weighted by molar-refractivity contribution is 6.33. The average molecular weight is 277 g/mol. The molecule has 4 N–H and O–H groups in total. The summed E-state index contributed by atoms with van der Waals surface area (Å²) >= 11 is 6.02. The van der Waals surface area contributed by atoms with Gasteiger partial charge in [0.05, 0.1) is 16.9 Å². The zero-order chi connectivity index (χ0) is 13.4. The Morgan fingerprint density at radius 2 is 2.16 bits per heavy atom. The highest BCUT2D eigenvalue weighted by Crippen LogP contribution is 2.23. The van der Waals surface area contributed by atoms with Crippen molar-refractivity contribution in [1.29, 1.82) is 0 Å². The van der Waals surface area contributed by atoms with Crippen molar-refractivity contribution >= 4 is 34.3 Å². The van der Waals surface area contributed by atoms with E-state index in [0.29, 0.717) is 21.7 Å². The van der Waals surface area contributed by atoms with Gasteiger partial charge in [0.25, 0.3) is 5.56 Å². The van der Waals surface area contributed by atoms with Crippen LogP contribution in [0.3, 0.4) is 0 Å². The molecular formula is C11H9ClN6O. The van der Waals surface area contributed by atoms with E-state index in [1.54, 1.807) is 18.2 Å². The molecule has 0 spiro atoms. The lowest BCUT2D eigenvalue weighted by Crippen LogP contribution is -2.30. The highest BCUT2D eigenvalue weighted by atomic mass is 35.5. The van der Waals surface area contributed by atoms with Gasteiger partial charge in [-0.3, -0.25) is 9.89 Å². The molecule has 8 heteroatoms. The number of rotatable bonds is 2. The summed E-state index contributed by atoms with van der Waals surface area (Å²) in [6.07, 6.45) is 1.38. The lowest BCUT2D eigenvalue weighted by atomic mass is 10.3. The van der Waals surface area contributed by atoms with Crippen LogP contribution in [0.4, 0.5) is 11.6 Å². The third kappa shape index (κ3) is 1.89. The van der Waals surface area contributed by atoms with Crippen LogP contribution in [0.15, 0.2) is 35.3 Å². The van der Waals surface area contributed by atoms with Gasteiger partial charge in [-0.2, -0.15) is 14.8 Å². The van der Waals surface area contributed by atoms with Gasteiger partial charge in [-0.15, -0.1) is 0 Å². The third-order valence-corrected chi connectivity index (χ3v) is 2.96.